The van der Waals surface area contributed by atoms with Crippen molar-refractivity contribution in [2.75, 3.05) is 19.8 Å². The molecule has 4 aliphatic carbocycles. The summed E-state index contributed by atoms with van der Waals surface area (Å²) in [6.07, 6.45) is -18.8. The third-order valence-electron chi connectivity index (χ3n) is 19.0. The highest BCUT2D eigenvalue weighted by Gasteiger charge is 2.61. The molecular formula is C51H86O21. The van der Waals surface area contributed by atoms with E-state index in [-0.39, 0.29) is 29.3 Å². The number of hydrogen-bond acceptors (Lipinski definition) is 21. The van der Waals surface area contributed by atoms with E-state index in [2.05, 4.69) is 26.8 Å². The Morgan fingerprint density at radius 1 is 0.597 bits per heavy atom. The molecule has 3 saturated carbocycles. The Morgan fingerprint density at radius 3 is 1.81 bits per heavy atom. The first kappa shape index (κ1) is 57.1. The van der Waals surface area contributed by atoms with Crippen molar-refractivity contribution in [3.05, 3.63) is 11.6 Å². The van der Waals surface area contributed by atoms with Crippen LogP contribution < -0.4 is 0 Å². The fourth-order valence-corrected chi connectivity index (χ4v) is 14.4. The molecule has 0 aromatic rings. The summed E-state index contributed by atoms with van der Waals surface area (Å²) in [7, 11) is 0. The van der Waals surface area contributed by atoms with Gasteiger partial charge in [0.2, 0.25) is 0 Å². The van der Waals surface area contributed by atoms with Gasteiger partial charge in [-0.3, -0.25) is 0 Å². The lowest BCUT2D eigenvalue weighted by Gasteiger charge is -2.59. The second-order valence-electron chi connectivity index (χ2n) is 23.4. The highest BCUT2D eigenvalue weighted by Crippen LogP contribution is 2.67. The zero-order valence-electron chi connectivity index (χ0n) is 42.5. The van der Waals surface area contributed by atoms with E-state index in [1.54, 1.807) is 0 Å². The number of rotatable bonds is 16. The normalized spacial score (nSPS) is 52.1. The van der Waals surface area contributed by atoms with Gasteiger partial charge in [-0.1, -0.05) is 39.3 Å². The van der Waals surface area contributed by atoms with Crippen LogP contribution in [0.25, 0.3) is 0 Å². The molecule has 8 aliphatic rings. The molecule has 21 nitrogen and oxygen atoms in total. The molecule has 7 fully saturated rings. The average molecular weight is 1040 g/mol. The number of hydrogen-bond donors (Lipinski definition) is 13. The molecular weight excluding hydrogens is 949 g/mol. The van der Waals surface area contributed by atoms with E-state index < -0.39 is 148 Å². The van der Waals surface area contributed by atoms with Crippen molar-refractivity contribution < 1.29 is 104 Å². The van der Waals surface area contributed by atoms with Gasteiger partial charge in [0.05, 0.1) is 44.2 Å². The van der Waals surface area contributed by atoms with Gasteiger partial charge in [0, 0.05) is 0 Å². The molecule has 0 bridgehead atoms. The molecule has 416 valence electrons. The lowest BCUT2D eigenvalue weighted by atomic mass is 9.47. The van der Waals surface area contributed by atoms with Gasteiger partial charge in [0.15, 0.2) is 25.2 Å². The first-order chi connectivity index (χ1) is 34.0. The number of aliphatic hydroxyl groups is 13. The molecule has 30 unspecified atom stereocenters. The highest BCUT2D eigenvalue weighted by atomic mass is 16.8. The first-order valence-electron chi connectivity index (χ1n) is 26.6. The molecule has 0 spiro atoms. The van der Waals surface area contributed by atoms with Crippen molar-refractivity contribution in [3.63, 3.8) is 0 Å². The minimum absolute atomic E-state index is 0.00202. The quantitative estimate of drug-likeness (QED) is 0.0798. The third-order valence-corrected chi connectivity index (χ3v) is 19.0. The molecule has 13 N–H and O–H groups in total. The van der Waals surface area contributed by atoms with Crippen LogP contribution in [-0.2, 0) is 37.9 Å². The molecule has 0 aromatic heterocycles. The lowest BCUT2D eigenvalue weighted by molar-refractivity contribution is -0.388. The van der Waals surface area contributed by atoms with E-state index in [4.69, 9.17) is 37.9 Å². The zero-order chi connectivity index (χ0) is 52.3. The number of ether oxygens (including phenoxy) is 8. The molecule has 4 heterocycles. The summed E-state index contributed by atoms with van der Waals surface area (Å²) in [4.78, 5) is 0. The van der Waals surface area contributed by atoms with Crippen LogP contribution in [-0.4, -0.2) is 221 Å². The van der Waals surface area contributed by atoms with Gasteiger partial charge in [-0.05, 0) is 124 Å². The van der Waals surface area contributed by atoms with E-state index in [0.29, 0.717) is 49.4 Å². The molecule has 8 rings (SSSR count). The predicted octanol–water partition coefficient (Wildman–Crippen LogP) is -1.32. The lowest BCUT2D eigenvalue weighted by Crippen LogP contribution is -2.66. The SMILES string of the molecule is CC(CCC(O)C(C)C1CCC2C3CC=C4CC(OC5OC(CO)C(OC6OC(C)C(O)C(O)C6O)C(O)C5OC5OC(C)C(O)C(O)C5O)CCC4(C)C3CCC12C)COC1OC(CO)C(O)C(O)C1O. The number of fused-ring (bicyclic) bond motifs is 5. The van der Waals surface area contributed by atoms with Gasteiger partial charge < -0.3 is 104 Å². The fraction of sp³-hybridized carbons (Fsp3) is 0.961. The van der Waals surface area contributed by atoms with Crippen molar-refractivity contribution in [1.29, 1.82) is 0 Å². The summed E-state index contributed by atoms with van der Waals surface area (Å²) in [5.74, 6) is 1.81. The second kappa shape index (κ2) is 23.1. The van der Waals surface area contributed by atoms with Crippen molar-refractivity contribution in [1.82, 2.24) is 0 Å². The van der Waals surface area contributed by atoms with Gasteiger partial charge >= 0.3 is 0 Å². The molecule has 21 heteroatoms. The van der Waals surface area contributed by atoms with E-state index in [1.165, 1.54) is 19.4 Å². The maximum atomic E-state index is 12.0. The minimum Gasteiger partial charge on any atom is -0.394 e. The van der Waals surface area contributed by atoms with Gasteiger partial charge in [-0.2, -0.15) is 0 Å². The average Bonchev–Trinajstić information content (AvgIpc) is 3.72. The summed E-state index contributed by atoms with van der Waals surface area (Å²) >= 11 is 0. The monoisotopic (exact) mass is 1030 g/mol. The maximum absolute atomic E-state index is 12.0. The molecule has 0 aromatic carbocycles. The predicted molar refractivity (Wildman–Crippen MR) is 250 cm³/mol. The topological polar surface area (TPSA) is 337 Å². The second-order valence-corrected chi connectivity index (χ2v) is 23.4. The summed E-state index contributed by atoms with van der Waals surface area (Å²) < 4.78 is 47.9. The summed E-state index contributed by atoms with van der Waals surface area (Å²) in [6, 6.07) is 0. The molecule has 0 radical (unpaired) electrons. The zero-order valence-corrected chi connectivity index (χ0v) is 42.5. The van der Waals surface area contributed by atoms with Gasteiger partial charge in [-0.25, -0.2) is 0 Å². The van der Waals surface area contributed by atoms with Crippen molar-refractivity contribution in [2.24, 2.45) is 46.3 Å². The molecule has 72 heavy (non-hydrogen) atoms. The Bertz CT molecular complexity index is 1800. The van der Waals surface area contributed by atoms with Gasteiger partial charge in [-0.15, -0.1) is 0 Å². The first-order valence-corrected chi connectivity index (χ1v) is 26.6. The highest BCUT2D eigenvalue weighted by molar-refractivity contribution is 5.26. The summed E-state index contributed by atoms with van der Waals surface area (Å²) in [5.41, 5.74) is 1.25. The molecule has 0 amide bonds. The third kappa shape index (κ3) is 10.9. The van der Waals surface area contributed by atoms with Crippen LogP contribution in [0.2, 0.25) is 0 Å². The number of aliphatic hydroxyl groups excluding tert-OH is 13. The maximum Gasteiger partial charge on any atom is 0.187 e. The van der Waals surface area contributed by atoms with Gasteiger partial charge in [0.25, 0.3) is 0 Å². The van der Waals surface area contributed by atoms with Crippen molar-refractivity contribution in [3.8, 4) is 0 Å². The molecule has 30 atom stereocenters. The fourth-order valence-electron chi connectivity index (χ4n) is 14.4. The molecule has 4 aliphatic heterocycles. The van der Waals surface area contributed by atoms with Crippen molar-refractivity contribution in [2.45, 2.75) is 241 Å². The van der Waals surface area contributed by atoms with Crippen LogP contribution >= 0.6 is 0 Å². The van der Waals surface area contributed by atoms with Crippen LogP contribution in [0, 0.1) is 46.3 Å². The van der Waals surface area contributed by atoms with Crippen LogP contribution in [0.15, 0.2) is 11.6 Å². The van der Waals surface area contributed by atoms with Crippen LogP contribution in [0.4, 0.5) is 0 Å². The smallest absolute Gasteiger partial charge is 0.187 e. The van der Waals surface area contributed by atoms with E-state index in [9.17, 15) is 66.4 Å². The summed E-state index contributed by atoms with van der Waals surface area (Å²) in [6.45, 7) is 10.9. The minimum atomic E-state index is -1.74. The molecule has 4 saturated heterocycles. The Labute approximate surface area is 421 Å². The number of allylic oxidation sites excluding steroid dienone is 1. The summed E-state index contributed by atoms with van der Waals surface area (Å²) in [5, 5.41) is 138. The van der Waals surface area contributed by atoms with E-state index in [0.717, 1.165) is 38.5 Å². The Kier molecular flexibility index (Phi) is 18.3. The Hall–Kier alpha value is -1.10. The standard InChI is InChI=1S/C51H86O21/c1-21(20-65-46-40(61)39(60)36(57)32(18-52)69-46)7-12-31(54)22(2)28-10-11-29-27-9-8-25-17-26(13-15-50(25,5)30(27)14-16-51(28,29)6)68-49-45(72-48-42(63)38(59)35(56)24(4)67-48)43(64)44(33(19-53)70-49)71-47-41(62)37(58)34(55)23(3)66-47/h8,21-24,26-49,52-64H,7,9-20H2,1-6H3. The van der Waals surface area contributed by atoms with Crippen molar-refractivity contribution >= 4 is 0 Å². The van der Waals surface area contributed by atoms with Gasteiger partial charge in [0.1, 0.15) is 85.5 Å². The van der Waals surface area contributed by atoms with E-state index in [1.807, 2.05) is 6.92 Å². The largest absolute Gasteiger partial charge is 0.394 e. The Morgan fingerprint density at radius 2 is 1.18 bits per heavy atom. The van der Waals surface area contributed by atoms with Crippen LogP contribution in [0.5, 0.6) is 0 Å². The van der Waals surface area contributed by atoms with Crippen LogP contribution in [0.3, 0.4) is 0 Å². The Balaban J connectivity index is 0.902. The van der Waals surface area contributed by atoms with Crippen LogP contribution in [0.1, 0.15) is 106 Å². The van der Waals surface area contributed by atoms with E-state index >= 15 is 0 Å².